The second-order valence-electron chi connectivity index (χ2n) is 6.55. The molecule has 0 saturated carbocycles. The second kappa shape index (κ2) is 7.04. The van der Waals surface area contributed by atoms with E-state index < -0.39 is 12.0 Å². The normalized spacial score (nSPS) is 16.8. The molecule has 1 N–H and O–H groups in total. The van der Waals surface area contributed by atoms with Crippen LogP contribution in [0.2, 0.25) is 0 Å². The number of rotatable bonds is 5. The molecule has 1 aliphatic rings. The molecule has 1 atom stereocenters. The first-order valence-corrected chi connectivity index (χ1v) is 8.37. The second-order valence-corrected chi connectivity index (χ2v) is 6.55. The van der Waals surface area contributed by atoms with Gasteiger partial charge in [0.1, 0.15) is 6.04 Å². The predicted octanol–water partition coefficient (Wildman–Crippen LogP) is 2.16. The van der Waals surface area contributed by atoms with E-state index in [0.29, 0.717) is 31.1 Å². The molecule has 0 spiro atoms. The lowest BCUT2D eigenvalue weighted by atomic mass is 9.93. The summed E-state index contributed by atoms with van der Waals surface area (Å²) in [5.41, 5.74) is 1.98. The minimum absolute atomic E-state index is 0.145. The summed E-state index contributed by atoms with van der Waals surface area (Å²) in [6.45, 7) is 4.23. The Morgan fingerprint density at radius 3 is 2.68 bits per heavy atom. The summed E-state index contributed by atoms with van der Waals surface area (Å²) >= 11 is 0. The number of aromatic nitrogens is 2. The number of aliphatic carboxylic acids is 1. The lowest BCUT2D eigenvalue weighted by Crippen LogP contribution is -2.48. The highest BCUT2D eigenvalue weighted by molar-refractivity contribution is 5.84. The van der Waals surface area contributed by atoms with Crippen molar-refractivity contribution >= 4 is 11.9 Å². The minimum Gasteiger partial charge on any atom is -0.480 e. The van der Waals surface area contributed by atoms with Crippen LogP contribution in [0.25, 0.3) is 0 Å². The van der Waals surface area contributed by atoms with E-state index in [1.807, 2.05) is 38.1 Å². The maximum Gasteiger partial charge on any atom is 0.326 e. The molecule has 2 heterocycles. The maximum absolute atomic E-state index is 12.6. The van der Waals surface area contributed by atoms with Gasteiger partial charge in [-0.1, -0.05) is 43.3 Å². The Kier molecular flexibility index (Phi) is 4.83. The number of fused-ring (bicyclic) bond motifs is 1. The maximum atomic E-state index is 12.6. The topological polar surface area (TPSA) is 96.5 Å². The van der Waals surface area contributed by atoms with Crippen LogP contribution in [0.3, 0.4) is 0 Å². The molecule has 132 valence electrons. The van der Waals surface area contributed by atoms with Gasteiger partial charge in [0.2, 0.25) is 11.8 Å². The van der Waals surface area contributed by atoms with Crippen molar-refractivity contribution in [2.75, 3.05) is 0 Å². The average molecular weight is 343 g/mol. The smallest absolute Gasteiger partial charge is 0.326 e. The van der Waals surface area contributed by atoms with E-state index in [1.54, 1.807) is 0 Å². The van der Waals surface area contributed by atoms with Crippen molar-refractivity contribution in [2.45, 2.75) is 51.6 Å². The van der Waals surface area contributed by atoms with E-state index in [0.717, 1.165) is 11.1 Å². The third-order valence-electron chi connectivity index (χ3n) is 4.41. The molecular formula is C18H21N3O4. The summed E-state index contributed by atoms with van der Waals surface area (Å²) in [5, 5.41) is 13.4. The van der Waals surface area contributed by atoms with Crippen LogP contribution in [0.4, 0.5) is 0 Å². The van der Waals surface area contributed by atoms with Gasteiger partial charge in [0, 0.05) is 31.7 Å². The van der Waals surface area contributed by atoms with Crippen LogP contribution < -0.4 is 0 Å². The number of hydrogen-bond donors (Lipinski definition) is 1. The van der Waals surface area contributed by atoms with Crippen LogP contribution in [0.5, 0.6) is 0 Å². The van der Waals surface area contributed by atoms with Crippen molar-refractivity contribution in [1.82, 2.24) is 15.0 Å². The Balaban J connectivity index is 1.70. The molecule has 25 heavy (non-hydrogen) atoms. The van der Waals surface area contributed by atoms with Gasteiger partial charge >= 0.3 is 5.97 Å². The molecule has 1 aliphatic heterocycles. The summed E-state index contributed by atoms with van der Waals surface area (Å²) in [7, 11) is 0. The third-order valence-corrected chi connectivity index (χ3v) is 4.41. The highest BCUT2D eigenvalue weighted by Crippen LogP contribution is 2.24. The Hall–Kier alpha value is -2.70. The van der Waals surface area contributed by atoms with Gasteiger partial charge in [0.15, 0.2) is 5.82 Å². The molecule has 0 radical (unpaired) electrons. The molecule has 1 amide bonds. The number of nitrogens with zero attached hydrogens (tertiary/aromatic N) is 3. The molecule has 0 fully saturated rings. The van der Waals surface area contributed by atoms with Crippen molar-refractivity contribution in [1.29, 1.82) is 0 Å². The van der Waals surface area contributed by atoms with Crippen LogP contribution >= 0.6 is 0 Å². The zero-order valence-electron chi connectivity index (χ0n) is 14.3. The Labute approximate surface area is 145 Å². The number of amides is 1. The fourth-order valence-corrected chi connectivity index (χ4v) is 2.97. The van der Waals surface area contributed by atoms with Crippen molar-refractivity contribution < 1.29 is 19.2 Å². The summed E-state index contributed by atoms with van der Waals surface area (Å²) in [5.74, 6) is -0.0313. The fraction of sp³-hybridized carbons (Fsp3) is 0.444. The van der Waals surface area contributed by atoms with E-state index >= 15 is 0 Å². The van der Waals surface area contributed by atoms with Gasteiger partial charge < -0.3 is 14.5 Å². The lowest BCUT2D eigenvalue weighted by Gasteiger charge is -2.34. The average Bonchev–Trinajstić information content (AvgIpc) is 3.07. The zero-order valence-corrected chi connectivity index (χ0v) is 14.3. The number of carboxylic acids is 1. The van der Waals surface area contributed by atoms with Crippen LogP contribution in [0, 0.1) is 0 Å². The van der Waals surface area contributed by atoms with Gasteiger partial charge in [-0.25, -0.2) is 4.79 Å². The van der Waals surface area contributed by atoms with Crippen LogP contribution in [0.15, 0.2) is 28.8 Å². The Morgan fingerprint density at radius 1 is 1.32 bits per heavy atom. The summed E-state index contributed by atoms with van der Waals surface area (Å²) in [6.07, 6.45) is 0.782. The SMILES string of the molecule is CC(C)c1noc(CCC(=O)N2Cc3ccccc3CC2C(=O)O)n1. The number of carbonyl (C=O) groups is 2. The summed E-state index contributed by atoms with van der Waals surface area (Å²) in [4.78, 5) is 29.9. The van der Waals surface area contributed by atoms with Crippen molar-refractivity contribution in [3.63, 3.8) is 0 Å². The van der Waals surface area contributed by atoms with Crippen molar-refractivity contribution in [2.24, 2.45) is 0 Å². The lowest BCUT2D eigenvalue weighted by molar-refractivity contribution is -0.151. The number of benzene rings is 1. The van der Waals surface area contributed by atoms with E-state index in [9.17, 15) is 14.7 Å². The Morgan fingerprint density at radius 2 is 2.04 bits per heavy atom. The van der Waals surface area contributed by atoms with Crippen molar-refractivity contribution in [3.05, 3.63) is 47.1 Å². The van der Waals surface area contributed by atoms with E-state index in [2.05, 4.69) is 10.1 Å². The largest absolute Gasteiger partial charge is 0.480 e. The monoisotopic (exact) mass is 343 g/mol. The molecule has 0 bridgehead atoms. The third kappa shape index (κ3) is 3.70. The molecule has 1 unspecified atom stereocenters. The molecule has 2 aromatic rings. The quantitative estimate of drug-likeness (QED) is 0.893. The van der Waals surface area contributed by atoms with Gasteiger partial charge in [0.05, 0.1) is 0 Å². The van der Waals surface area contributed by atoms with E-state index in [-0.39, 0.29) is 18.2 Å². The molecule has 0 aliphatic carbocycles. The minimum atomic E-state index is -0.984. The zero-order chi connectivity index (χ0) is 18.0. The Bertz CT molecular complexity index is 784. The predicted molar refractivity (Wildman–Crippen MR) is 88.8 cm³/mol. The molecule has 7 heteroatoms. The fourth-order valence-electron chi connectivity index (χ4n) is 2.97. The van der Waals surface area contributed by atoms with Gasteiger partial charge in [-0.15, -0.1) is 0 Å². The van der Waals surface area contributed by atoms with Crippen LogP contribution in [-0.2, 0) is 29.0 Å². The number of carboxylic acid groups (broad SMARTS) is 1. The van der Waals surface area contributed by atoms with Crippen LogP contribution in [0.1, 0.15) is 49.0 Å². The molecule has 1 aromatic heterocycles. The van der Waals surface area contributed by atoms with Gasteiger partial charge in [0.25, 0.3) is 0 Å². The number of aryl methyl sites for hydroxylation is 1. The molecule has 0 saturated heterocycles. The van der Waals surface area contributed by atoms with E-state index in [4.69, 9.17) is 4.52 Å². The van der Waals surface area contributed by atoms with E-state index in [1.165, 1.54) is 4.90 Å². The molecule has 3 rings (SSSR count). The standard InChI is InChI=1S/C18H21N3O4/c1-11(2)17-19-15(25-20-17)7-8-16(22)21-10-13-6-4-3-5-12(13)9-14(21)18(23)24/h3-6,11,14H,7-10H2,1-2H3,(H,23,24). The summed E-state index contributed by atoms with van der Waals surface area (Å²) < 4.78 is 5.15. The first kappa shape index (κ1) is 17.1. The summed E-state index contributed by atoms with van der Waals surface area (Å²) in [6, 6.07) is 6.79. The molecular weight excluding hydrogens is 322 g/mol. The highest BCUT2D eigenvalue weighted by Gasteiger charge is 2.34. The first-order chi connectivity index (χ1) is 12.0. The number of hydrogen-bond acceptors (Lipinski definition) is 5. The van der Waals surface area contributed by atoms with Gasteiger partial charge in [-0.3, -0.25) is 4.79 Å². The van der Waals surface area contributed by atoms with Crippen molar-refractivity contribution in [3.8, 4) is 0 Å². The molecule has 1 aromatic carbocycles. The first-order valence-electron chi connectivity index (χ1n) is 8.37. The van der Waals surface area contributed by atoms with Gasteiger partial charge in [-0.2, -0.15) is 4.98 Å². The number of carbonyl (C=O) groups excluding carboxylic acids is 1. The molecule has 7 nitrogen and oxygen atoms in total. The van der Waals surface area contributed by atoms with Gasteiger partial charge in [-0.05, 0) is 11.1 Å². The van der Waals surface area contributed by atoms with Crippen LogP contribution in [-0.4, -0.2) is 38.1 Å². The highest BCUT2D eigenvalue weighted by atomic mass is 16.5.